The predicted octanol–water partition coefficient (Wildman–Crippen LogP) is 2.39. The lowest BCUT2D eigenvalue weighted by molar-refractivity contribution is -0.127. The first kappa shape index (κ1) is 12.9. The lowest BCUT2D eigenvalue weighted by atomic mass is 10.2. The average Bonchev–Trinajstić information content (AvgIpc) is 3.12. The Kier molecular flexibility index (Phi) is 3.58. The molecule has 1 N–H and O–H groups in total. The maximum Gasteiger partial charge on any atom is 0.262 e. The number of para-hydroxylation sites is 1. The van der Waals surface area contributed by atoms with E-state index in [1.807, 2.05) is 18.2 Å². The number of benzene rings is 1. The van der Waals surface area contributed by atoms with Gasteiger partial charge in [-0.15, -0.1) is 0 Å². The third-order valence-corrected chi connectivity index (χ3v) is 3.49. The van der Waals surface area contributed by atoms with E-state index < -0.39 is 11.6 Å². The first-order valence-electron chi connectivity index (χ1n) is 5.71. The Morgan fingerprint density at radius 3 is 2.78 bits per heavy atom. The molecule has 1 fully saturated rings. The van der Waals surface area contributed by atoms with E-state index in [4.69, 9.17) is 10.00 Å². The highest BCUT2D eigenvalue weighted by Crippen LogP contribution is 2.34. The van der Waals surface area contributed by atoms with Crippen LogP contribution in [0.2, 0.25) is 0 Å². The van der Waals surface area contributed by atoms with Gasteiger partial charge in [0.1, 0.15) is 11.3 Å². The van der Waals surface area contributed by atoms with Crippen LogP contribution in [-0.2, 0) is 4.79 Å². The van der Waals surface area contributed by atoms with Crippen LogP contribution in [0, 0.1) is 11.3 Å². The third-order valence-electron chi connectivity index (χ3n) is 2.84. The summed E-state index contributed by atoms with van der Waals surface area (Å²) in [6, 6.07) is 9.45. The van der Waals surface area contributed by atoms with E-state index in [9.17, 15) is 4.79 Å². The SMILES string of the molecule is CC(Oc1ccccc1Br)C(=O)NC1(C#N)CC1. The van der Waals surface area contributed by atoms with Crippen LogP contribution in [0.25, 0.3) is 0 Å². The van der Waals surface area contributed by atoms with Crippen molar-refractivity contribution >= 4 is 21.8 Å². The molecule has 0 aliphatic heterocycles. The Labute approximate surface area is 114 Å². The van der Waals surface area contributed by atoms with E-state index in [-0.39, 0.29) is 5.91 Å². The number of amides is 1. The second-order valence-corrected chi connectivity index (χ2v) is 5.23. The molecule has 0 saturated heterocycles. The third kappa shape index (κ3) is 2.82. The van der Waals surface area contributed by atoms with Gasteiger partial charge in [0.25, 0.3) is 5.91 Å². The lowest BCUT2D eigenvalue weighted by Gasteiger charge is -2.17. The summed E-state index contributed by atoms with van der Waals surface area (Å²) >= 11 is 3.35. The summed E-state index contributed by atoms with van der Waals surface area (Å²) in [6.07, 6.45) is 0.808. The average molecular weight is 309 g/mol. The second-order valence-electron chi connectivity index (χ2n) is 4.37. The molecule has 1 saturated carbocycles. The van der Waals surface area contributed by atoms with Gasteiger partial charge in [0.15, 0.2) is 6.10 Å². The maximum absolute atomic E-state index is 11.9. The van der Waals surface area contributed by atoms with Crippen molar-refractivity contribution in [2.24, 2.45) is 0 Å². The molecule has 0 bridgehead atoms. The number of nitriles is 1. The fourth-order valence-corrected chi connectivity index (χ4v) is 1.89. The lowest BCUT2D eigenvalue weighted by Crippen LogP contribution is -2.43. The molecule has 2 rings (SSSR count). The summed E-state index contributed by atoms with van der Waals surface area (Å²) in [4.78, 5) is 11.9. The highest BCUT2D eigenvalue weighted by molar-refractivity contribution is 9.10. The van der Waals surface area contributed by atoms with Gasteiger partial charge in [0.2, 0.25) is 0 Å². The summed E-state index contributed by atoms with van der Waals surface area (Å²) in [7, 11) is 0. The molecule has 18 heavy (non-hydrogen) atoms. The number of hydrogen-bond donors (Lipinski definition) is 1. The van der Waals surface area contributed by atoms with Crippen molar-refractivity contribution < 1.29 is 9.53 Å². The van der Waals surface area contributed by atoms with Gasteiger partial charge in [-0.3, -0.25) is 4.79 Å². The molecule has 0 spiro atoms. The Balaban J connectivity index is 1.96. The zero-order valence-electron chi connectivity index (χ0n) is 9.94. The minimum atomic E-state index is -0.650. The number of nitrogens with one attached hydrogen (secondary N) is 1. The largest absolute Gasteiger partial charge is 0.480 e. The zero-order valence-corrected chi connectivity index (χ0v) is 11.5. The number of nitrogens with zero attached hydrogens (tertiary/aromatic N) is 1. The summed E-state index contributed by atoms with van der Waals surface area (Å²) in [5.41, 5.74) is -0.650. The van der Waals surface area contributed by atoms with Gasteiger partial charge in [-0.2, -0.15) is 5.26 Å². The standard InChI is InChI=1S/C13H13BrN2O2/c1-9(12(17)16-13(8-15)6-7-13)18-11-5-3-2-4-10(11)14/h2-5,9H,6-7H2,1H3,(H,16,17). The highest BCUT2D eigenvalue weighted by Gasteiger charge is 2.45. The molecule has 1 amide bonds. The van der Waals surface area contributed by atoms with Crippen LogP contribution < -0.4 is 10.1 Å². The normalized spacial score (nSPS) is 17.4. The van der Waals surface area contributed by atoms with Gasteiger partial charge in [-0.1, -0.05) is 12.1 Å². The van der Waals surface area contributed by atoms with Crippen LogP contribution in [-0.4, -0.2) is 17.6 Å². The summed E-state index contributed by atoms with van der Waals surface area (Å²) in [6.45, 7) is 1.67. The molecule has 4 nitrogen and oxygen atoms in total. The Morgan fingerprint density at radius 1 is 1.56 bits per heavy atom. The van der Waals surface area contributed by atoms with Crippen molar-refractivity contribution in [1.82, 2.24) is 5.32 Å². The first-order valence-corrected chi connectivity index (χ1v) is 6.50. The molecule has 1 aromatic carbocycles. The minimum absolute atomic E-state index is 0.259. The van der Waals surface area contributed by atoms with Gasteiger partial charge < -0.3 is 10.1 Å². The number of ether oxygens (including phenoxy) is 1. The molecule has 5 heteroatoms. The Bertz CT molecular complexity index is 506. The van der Waals surface area contributed by atoms with Crippen molar-refractivity contribution in [3.63, 3.8) is 0 Å². The maximum atomic E-state index is 11.9. The smallest absolute Gasteiger partial charge is 0.262 e. The van der Waals surface area contributed by atoms with Crippen LogP contribution in [0.5, 0.6) is 5.75 Å². The number of halogens is 1. The van der Waals surface area contributed by atoms with Gasteiger partial charge in [-0.25, -0.2) is 0 Å². The van der Waals surface area contributed by atoms with Gasteiger partial charge in [0, 0.05) is 0 Å². The molecular weight excluding hydrogens is 296 g/mol. The summed E-state index contributed by atoms with van der Waals surface area (Å²) in [5, 5.41) is 11.6. The number of carbonyl (C=O) groups is 1. The van der Waals surface area contributed by atoms with Crippen LogP contribution in [0.1, 0.15) is 19.8 Å². The Morgan fingerprint density at radius 2 is 2.22 bits per heavy atom. The molecular formula is C13H13BrN2O2. The summed E-state index contributed by atoms with van der Waals surface area (Å²) < 4.78 is 6.35. The fourth-order valence-electron chi connectivity index (χ4n) is 1.51. The van der Waals surface area contributed by atoms with Gasteiger partial charge >= 0.3 is 0 Å². The minimum Gasteiger partial charge on any atom is -0.480 e. The van der Waals surface area contributed by atoms with Crippen LogP contribution in [0.3, 0.4) is 0 Å². The number of rotatable bonds is 4. The number of carbonyl (C=O) groups excluding carboxylic acids is 1. The molecule has 0 heterocycles. The van der Waals surface area contributed by atoms with Crippen molar-refractivity contribution in [2.45, 2.75) is 31.4 Å². The van der Waals surface area contributed by atoms with Crippen LogP contribution >= 0.6 is 15.9 Å². The quantitative estimate of drug-likeness (QED) is 0.929. The molecule has 1 atom stereocenters. The topological polar surface area (TPSA) is 62.1 Å². The highest BCUT2D eigenvalue weighted by atomic mass is 79.9. The van der Waals surface area contributed by atoms with Crippen LogP contribution in [0.15, 0.2) is 28.7 Å². The van der Waals surface area contributed by atoms with E-state index in [0.29, 0.717) is 5.75 Å². The molecule has 1 aliphatic carbocycles. The fraction of sp³-hybridized carbons (Fsp3) is 0.385. The van der Waals surface area contributed by atoms with Crippen LogP contribution in [0.4, 0.5) is 0 Å². The molecule has 0 radical (unpaired) electrons. The molecule has 1 unspecified atom stereocenters. The first-order chi connectivity index (χ1) is 8.56. The van der Waals surface area contributed by atoms with E-state index in [1.165, 1.54) is 0 Å². The van der Waals surface area contributed by atoms with Crippen molar-refractivity contribution in [3.05, 3.63) is 28.7 Å². The monoisotopic (exact) mass is 308 g/mol. The van der Waals surface area contributed by atoms with E-state index in [2.05, 4.69) is 27.3 Å². The number of hydrogen-bond acceptors (Lipinski definition) is 3. The van der Waals surface area contributed by atoms with Crippen molar-refractivity contribution in [1.29, 1.82) is 5.26 Å². The molecule has 1 aliphatic rings. The zero-order chi connectivity index (χ0) is 13.2. The molecule has 0 aromatic heterocycles. The van der Waals surface area contributed by atoms with Gasteiger partial charge in [0.05, 0.1) is 10.5 Å². The predicted molar refractivity (Wildman–Crippen MR) is 70.0 cm³/mol. The summed E-state index contributed by atoms with van der Waals surface area (Å²) in [5.74, 6) is 0.353. The molecule has 94 valence electrons. The van der Waals surface area contributed by atoms with E-state index >= 15 is 0 Å². The van der Waals surface area contributed by atoms with E-state index in [1.54, 1.807) is 13.0 Å². The van der Waals surface area contributed by atoms with Gasteiger partial charge in [-0.05, 0) is 47.8 Å². The Hall–Kier alpha value is -1.54. The second kappa shape index (κ2) is 4.99. The van der Waals surface area contributed by atoms with Crippen molar-refractivity contribution in [2.75, 3.05) is 0 Å². The van der Waals surface area contributed by atoms with E-state index in [0.717, 1.165) is 17.3 Å². The molecule has 1 aromatic rings. The van der Waals surface area contributed by atoms with Crippen molar-refractivity contribution in [3.8, 4) is 11.8 Å².